The van der Waals surface area contributed by atoms with Crippen molar-refractivity contribution in [1.29, 1.82) is 0 Å². The summed E-state index contributed by atoms with van der Waals surface area (Å²) in [6.07, 6.45) is -2.17. The minimum Gasteiger partial charge on any atom is -0.486 e. The highest BCUT2D eigenvalue weighted by atomic mass is 32.1. The Labute approximate surface area is 225 Å². The predicted molar refractivity (Wildman–Crippen MR) is 136 cm³/mol. The number of halogens is 3. The van der Waals surface area contributed by atoms with Gasteiger partial charge in [-0.1, -0.05) is 0 Å². The maximum atomic E-state index is 13.9. The average Bonchev–Trinajstić information content (AvgIpc) is 3.43. The van der Waals surface area contributed by atoms with Crippen LogP contribution in [-0.2, 0) is 31.7 Å². The van der Waals surface area contributed by atoms with E-state index in [1.807, 2.05) is 19.9 Å². The minimum absolute atomic E-state index is 0.134. The molecule has 0 radical (unpaired) electrons. The number of nitrogens with zero attached hydrogens (tertiary/aromatic N) is 4. The monoisotopic (exact) mass is 563 g/mol. The van der Waals surface area contributed by atoms with Crippen LogP contribution in [0.25, 0.3) is 11.4 Å². The van der Waals surface area contributed by atoms with Gasteiger partial charge in [0.2, 0.25) is 5.91 Å². The van der Waals surface area contributed by atoms with Gasteiger partial charge in [0.05, 0.1) is 30.2 Å². The van der Waals surface area contributed by atoms with Crippen LogP contribution in [0.15, 0.2) is 29.9 Å². The highest BCUT2D eigenvalue weighted by Gasteiger charge is 2.36. The molecule has 206 valence electrons. The van der Waals surface area contributed by atoms with Gasteiger partial charge in [-0.15, -0.1) is 11.3 Å². The predicted octanol–water partition coefficient (Wildman–Crippen LogP) is 4.91. The number of esters is 2. The lowest BCUT2D eigenvalue weighted by Gasteiger charge is -2.20. The molecule has 0 fully saturated rings. The number of amides is 1. The summed E-state index contributed by atoms with van der Waals surface area (Å²) in [5.74, 6) is -2.19. The number of carbonyl (C=O) groups is 3. The second-order valence-electron chi connectivity index (χ2n) is 9.38. The molecule has 1 amide bonds. The number of ether oxygens (including phenoxy) is 2. The molecule has 0 bridgehead atoms. The molecule has 0 aliphatic carbocycles. The third kappa shape index (κ3) is 6.69. The van der Waals surface area contributed by atoms with E-state index in [9.17, 15) is 27.6 Å². The van der Waals surface area contributed by atoms with Crippen LogP contribution in [0.3, 0.4) is 0 Å². The number of pyridine rings is 2. The minimum atomic E-state index is -4.80. The molecule has 1 N–H and O–H groups in total. The fraction of sp³-hybridized carbons (Fsp3) is 0.360. The number of fused-ring (bicyclic) bond motifs is 1. The van der Waals surface area contributed by atoms with Crippen LogP contribution in [0, 0.1) is 0 Å². The second-order valence-corrected chi connectivity index (χ2v) is 10.2. The molecular formula is C25H24F3N5O5S. The number of nitrogens with one attached hydrogen (secondary N) is 1. The largest absolute Gasteiger partial charge is 0.486 e. The van der Waals surface area contributed by atoms with E-state index in [1.54, 1.807) is 11.6 Å². The van der Waals surface area contributed by atoms with Crippen molar-refractivity contribution in [1.82, 2.24) is 15.0 Å². The van der Waals surface area contributed by atoms with Crippen LogP contribution < -0.4 is 15.0 Å². The molecule has 0 aromatic carbocycles. The van der Waals surface area contributed by atoms with Crippen LogP contribution in [-0.4, -0.2) is 45.4 Å². The zero-order valence-electron chi connectivity index (χ0n) is 21.4. The summed E-state index contributed by atoms with van der Waals surface area (Å²) >= 11 is 1.09. The lowest BCUT2D eigenvalue weighted by molar-refractivity contribution is -0.158. The molecule has 1 aliphatic rings. The summed E-state index contributed by atoms with van der Waals surface area (Å²) in [7, 11) is 1.26. The van der Waals surface area contributed by atoms with Crippen LogP contribution in [0.4, 0.5) is 29.8 Å². The number of thiazole rings is 1. The van der Waals surface area contributed by atoms with Crippen molar-refractivity contribution in [2.45, 2.75) is 51.8 Å². The van der Waals surface area contributed by atoms with E-state index in [2.05, 4.69) is 25.0 Å². The van der Waals surface area contributed by atoms with Gasteiger partial charge in [0.15, 0.2) is 5.13 Å². The van der Waals surface area contributed by atoms with E-state index in [-0.39, 0.29) is 22.8 Å². The zero-order chi connectivity index (χ0) is 28.5. The van der Waals surface area contributed by atoms with Gasteiger partial charge in [-0.3, -0.25) is 19.4 Å². The van der Waals surface area contributed by atoms with Crippen molar-refractivity contribution in [3.63, 3.8) is 0 Å². The summed E-state index contributed by atoms with van der Waals surface area (Å²) < 4.78 is 51.9. The maximum Gasteiger partial charge on any atom is 0.420 e. The van der Waals surface area contributed by atoms with Crippen molar-refractivity contribution in [3.05, 3.63) is 41.0 Å². The van der Waals surface area contributed by atoms with E-state index in [1.165, 1.54) is 7.05 Å². The van der Waals surface area contributed by atoms with Gasteiger partial charge in [-0.2, -0.15) is 13.2 Å². The van der Waals surface area contributed by atoms with Crippen LogP contribution >= 0.6 is 11.3 Å². The molecule has 0 saturated heterocycles. The van der Waals surface area contributed by atoms with Crippen molar-refractivity contribution in [2.24, 2.45) is 0 Å². The van der Waals surface area contributed by atoms with Crippen molar-refractivity contribution in [2.75, 3.05) is 17.3 Å². The molecular weight excluding hydrogens is 539 g/mol. The second kappa shape index (κ2) is 10.6. The van der Waals surface area contributed by atoms with Crippen molar-refractivity contribution in [3.8, 4) is 17.1 Å². The van der Waals surface area contributed by atoms with E-state index < -0.39 is 41.8 Å². The van der Waals surface area contributed by atoms with E-state index >= 15 is 0 Å². The van der Waals surface area contributed by atoms with Gasteiger partial charge in [-0.05, 0) is 26.0 Å². The normalized spacial score (nSPS) is 13.8. The molecule has 4 heterocycles. The Balaban J connectivity index is 1.50. The summed E-state index contributed by atoms with van der Waals surface area (Å²) in [6, 6.07) is 2.63. The Kier molecular flexibility index (Phi) is 7.59. The molecule has 0 spiro atoms. The molecule has 10 nitrogen and oxygen atoms in total. The smallest absolute Gasteiger partial charge is 0.420 e. The summed E-state index contributed by atoms with van der Waals surface area (Å²) in [4.78, 5) is 48.3. The van der Waals surface area contributed by atoms with Gasteiger partial charge in [0, 0.05) is 37.8 Å². The van der Waals surface area contributed by atoms with E-state index in [4.69, 9.17) is 4.74 Å². The van der Waals surface area contributed by atoms with Gasteiger partial charge in [0.1, 0.15) is 28.4 Å². The Hall–Kier alpha value is -4.07. The SMILES string of the molecule is CC(=O)OC(=O)CCC(=O)N(C)c1cnc(Nc2nc(-c3cc4c(cn3)OC(C)(C)C4)cs2)c(C(F)(F)F)c1. The number of rotatable bonds is 7. The lowest BCUT2D eigenvalue weighted by Crippen LogP contribution is -2.27. The van der Waals surface area contributed by atoms with Crippen LogP contribution in [0.5, 0.6) is 5.75 Å². The molecule has 1 aliphatic heterocycles. The van der Waals surface area contributed by atoms with Crippen molar-refractivity contribution >= 4 is 45.8 Å². The quantitative estimate of drug-likeness (QED) is 0.315. The maximum absolute atomic E-state index is 13.9. The van der Waals surface area contributed by atoms with Gasteiger partial charge in [-0.25, -0.2) is 9.97 Å². The third-order valence-electron chi connectivity index (χ3n) is 5.68. The van der Waals surface area contributed by atoms with Crippen LogP contribution in [0.2, 0.25) is 0 Å². The Morgan fingerprint density at radius 1 is 1.15 bits per heavy atom. The number of carbonyl (C=O) groups excluding carboxylic acids is 3. The van der Waals surface area contributed by atoms with Gasteiger partial charge < -0.3 is 19.7 Å². The molecule has 0 atom stereocenters. The number of hydrogen-bond donors (Lipinski definition) is 1. The first-order valence-corrected chi connectivity index (χ1v) is 12.6. The first-order valence-electron chi connectivity index (χ1n) is 11.7. The Bertz CT molecular complexity index is 1440. The summed E-state index contributed by atoms with van der Waals surface area (Å²) in [6.45, 7) is 4.97. The fourth-order valence-electron chi connectivity index (χ4n) is 3.88. The Morgan fingerprint density at radius 3 is 2.59 bits per heavy atom. The zero-order valence-corrected chi connectivity index (χ0v) is 22.2. The topological polar surface area (TPSA) is 124 Å². The highest BCUT2D eigenvalue weighted by Crippen LogP contribution is 2.39. The van der Waals surface area contributed by atoms with Crippen LogP contribution in [0.1, 0.15) is 44.7 Å². The third-order valence-corrected chi connectivity index (χ3v) is 6.44. The summed E-state index contributed by atoms with van der Waals surface area (Å²) in [5.41, 5.74) is 0.425. The highest BCUT2D eigenvalue weighted by molar-refractivity contribution is 7.14. The number of alkyl halides is 3. The number of hydrogen-bond acceptors (Lipinski definition) is 10. The fourth-order valence-corrected chi connectivity index (χ4v) is 4.59. The number of anilines is 3. The first-order chi connectivity index (χ1) is 18.2. The molecule has 4 rings (SSSR count). The average molecular weight is 564 g/mol. The van der Waals surface area contributed by atoms with E-state index in [0.29, 0.717) is 23.6 Å². The molecule has 3 aromatic heterocycles. The van der Waals surface area contributed by atoms with Gasteiger partial charge >= 0.3 is 18.1 Å². The first kappa shape index (κ1) is 28.0. The molecule has 14 heteroatoms. The van der Waals surface area contributed by atoms with Gasteiger partial charge in [0.25, 0.3) is 0 Å². The number of aromatic nitrogens is 3. The molecule has 3 aromatic rings. The molecule has 39 heavy (non-hydrogen) atoms. The van der Waals surface area contributed by atoms with Crippen molar-refractivity contribution < 1.29 is 37.0 Å². The molecule has 0 saturated carbocycles. The Morgan fingerprint density at radius 2 is 1.90 bits per heavy atom. The van der Waals surface area contributed by atoms with E-state index in [0.717, 1.165) is 41.0 Å². The molecule has 0 unspecified atom stereocenters. The standard InChI is InChI=1S/C25H24F3N5O5S/c1-13(34)37-21(36)6-5-20(35)33(4)15-8-16(25(26,27)28)22(30-10-15)32-23-31-18(12-39-23)17-7-14-9-24(2,3)38-19(14)11-29-17/h7-8,10-12H,5-6,9H2,1-4H3,(H,30,31,32). The lowest BCUT2D eigenvalue weighted by atomic mass is 10.0. The summed E-state index contributed by atoms with van der Waals surface area (Å²) in [5, 5.41) is 4.45.